The first-order valence-corrected chi connectivity index (χ1v) is 10.1. The van der Waals surface area contributed by atoms with E-state index in [-0.39, 0.29) is 16.7 Å². The van der Waals surface area contributed by atoms with Gasteiger partial charge in [-0.3, -0.25) is 4.79 Å². The molecular formula is C19H26N2O4S. The zero-order valence-electron chi connectivity index (χ0n) is 15.4. The zero-order chi connectivity index (χ0) is 19.2. The first-order valence-electron chi connectivity index (χ1n) is 8.63. The van der Waals surface area contributed by atoms with Gasteiger partial charge in [-0.2, -0.15) is 4.72 Å². The molecule has 142 valence electrons. The third-order valence-electron chi connectivity index (χ3n) is 4.09. The third-order valence-corrected chi connectivity index (χ3v) is 5.53. The molecule has 2 N–H and O–H groups in total. The van der Waals surface area contributed by atoms with Crippen LogP contribution in [0.15, 0.2) is 47.4 Å². The molecule has 0 radical (unpaired) electrons. The van der Waals surface area contributed by atoms with E-state index >= 15 is 0 Å². The van der Waals surface area contributed by atoms with Gasteiger partial charge in [-0.1, -0.05) is 44.2 Å². The van der Waals surface area contributed by atoms with Gasteiger partial charge in [0, 0.05) is 20.3 Å². The Morgan fingerprint density at radius 2 is 1.81 bits per heavy atom. The van der Waals surface area contributed by atoms with Crippen molar-refractivity contribution in [2.75, 3.05) is 20.3 Å². The van der Waals surface area contributed by atoms with E-state index in [1.54, 1.807) is 25.3 Å². The summed E-state index contributed by atoms with van der Waals surface area (Å²) in [7, 11) is -2.22. The van der Waals surface area contributed by atoms with Gasteiger partial charge in [0.25, 0.3) is 0 Å². The predicted molar refractivity (Wildman–Crippen MR) is 102 cm³/mol. The normalized spacial score (nSPS) is 13.1. The van der Waals surface area contributed by atoms with Gasteiger partial charge in [0.15, 0.2) is 0 Å². The van der Waals surface area contributed by atoms with Crippen molar-refractivity contribution in [3.63, 3.8) is 0 Å². The Labute approximate surface area is 155 Å². The second-order valence-electron chi connectivity index (χ2n) is 6.49. The highest BCUT2D eigenvalue weighted by molar-refractivity contribution is 7.89. The number of benzene rings is 2. The Morgan fingerprint density at radius 1 is 1.12 bits per heavy atom. The molecule has 2 aromatic carbocycles. The summed E-state index contributed by atoms with van der Waals surface area (Å²) in [5.74, 6) is -0.520. The maximum Gasteiger partial charge on any atom is 0.241 e. The lowest BCUT2D eigenvalue weighted by molar-refractivity contribution is -0.123. The minimum Gasteiger partial charge on any atom is -0.385 e. The van der Waals surface area contributed by atoms with Gasteiger partial charge in [-0.25, -0.2) is 8.42 Å². The van der Waals surface area contributed by atoms with Gasteiger partial charge in [-0.15, -0.1) is 0 Å². The fraction of sp³-hybridized carbons (Fsp3) is 0.421. The van der Waals surface area contributed by atoms with Crippen LogP contribution in [0.4, 0.5) is 0 Å². The van der Waals surface area contributed by atoms with Gasteiger partial charge in [0.1, 0.15) is 6.04 Å². The zero-order valence-corrected chi connectivity index (χ0v) is 16.2. The third kappa shape index (κ3) is 5.27. The van der Waals surface area contributed by atoms with Crippen LogP contribution in [-0.2, 0) is 19.6 Å². The Bertz CT molecular complexity index is 849. The number of sulfonamides is 1. The monoisotopic (exact) mass is 378 g/mol. The summed E-state index contributed by atoms with van der Waals surface area (Å²) < 4.78 is 33.0. The molecule has 0 saturated carbocycles. The quantitative estimate of drug-likeness (QED) is 0.656. The van der Waals surface area contributed by atoms with Crippen LogP contribution in [0.25, 0.3) is 10.8 Å². The number of carbonyl (C=O) groups excluding carboxylic acids is 1. The fourth-order valence-corrected chi connectivity index (χ4v) is 3.98. The van der Waals surface area contributed by atoms with E-state index in [9.17, 15) is 13.2 Å². The smallest absolute Gasteiger partial charge is 0.241 e. The SMILES string of the molecule is COCCCNC(=O)[C@H](NS(=O)(=O)c1ccc2ccccc2c1)C(C)C. The number of hydrogen-bond donors (Lipinski definition) is 2. The minimum absolute atomic E-state index is 0.147. The molecule has 0 fully saturated rings. The number of amides is 1. The number of ether oxygens (including phenoxy) is 1. The van der Waals surface area contributed by atoms with Crippen molar-refractivity contribution < 1.29 is 17.9 Å². The van der Waals surface area contributed by atoms with Crippen LogP contribution in [0, 0.1) is 5.92 Å². The Balaban J connectivity index is 2.16. The van der Waals surface area contributed by atoms with E-state index in [1.165, 1.54) is 0 Å². The van der Waals surface area contributed by atoms with Crippen LogP contribution in [0.5, 0.6) is 0 Å². The van der Waals surface area contributed by atoms with Crippen LogP contribution in [0.2, 0.25) is 0 Å². The molecule has 0 aromatic heterocycles. The molecule has 1 amide bonds. The maximum absolute atomic E-state index is 12.8. The number of nitrogens with one attached hydrogen (secondary N) is 2. The molecule has 0 bridgehead atoms. The molecule has 0 unspecified atom stereocenters. The average Bonchev–Trinajstić information content (AvgIpc) is 2.62. The molecule has 2 aromatic rings. The molecule has 7 heteroatoms. The lowest BCUT2D eigenvalue weighted by Crippen LogP contribution is -2.49. The van der Waals surface area contributed by atoms with Crippen molar-refractivity contribution in [1.82, 2.24) is 10.0 Å². The minimum atomic E-state index is -3.81. The largest absolute Gasteiger partial charge is 0.385 e. The number of rotatable bonds is 9. The van der Waals surface area contributed by atoms with Crippen LogP contribution in [0.3, 0.4) is 0 Å². The van der Waals surface area contributed by atoms with E-state index in [0.717, 1.165) is 10.8 Å². The summed E-state index contributed by atoms with van der Waals surface area (Å²) in [4.78, 5) is 12.5. The number of fused-ring (bicyclic) bond motifs is 1. The van der Waals surface area contributed by atoms with Crippen molar-refractivity contribution in [1.29, 1.82) is 0 Å². The van der Waals surface area contributed by atoms with E-state index in [4.69, 9.17) is 4.74 Å². The Hall–Kier alpha value is -1.96. The van der Waals surface area contributed by atoms with Crippen molar-refractivity contribution >= 4 is 26.7 Å². The highest BCUT2D eigenvalue weighted by Crippen LogP contribution is 2.19. The molecule has 0 aliphatic rings. The Morgan fingerprint density at radius 3 is 2.46 bits per heavy atom. The van der Waals surface area contributed by atoms with Gasteiger partial charge in [-0.05, 0) is 35.2 Å². The van der Waals surface area contributed by atoms with E-state index in [0.29, 0.717) is 19.6 Å². The summed E-state index contributed by atoms with van der Waals surface area (Å²) in [6.07, 6.45) is 0.671. The average molecular weight is 378 g/mol. The molecule has 1 atom stereocenters. The van der Waals surface area contributed by atoms with Crippen molar-refractivity contribution in [3.8, 4) is 0 Å². The van der Waals surface area contributed by atoms with Gasteiger partial charge in [0.2, 0.25) is 15.9 Å². The maximum atomic E-state index is 12.8. The predicted octanol–water partition coefficient (Wildman–Crippen LogP) is 2.30. The van der Waals surface area contributed by atoms with Crippen LogP contribution in [0.1, 0.15) is 20.3 Å². The van der Waals surface area contributed by atoms with Gasteiger partial charge >= 0.3 is 0 Å². The van der Waals surface area contributed by atoms with Crippen molar-refractivity contribution in [2.45, 2.75) is 31.2 Å². The molecule has 0 saturated heterocycles. The lowest BCUT2D eigenvalue weighted by Gasteiger charge is -2.21. The molecule has 0 aliphatic carbocycles. The summed E-state index contributed by atoms with van der Waals surface area (Å²) in [6, 6.07) is 11.6. The molecule has 0 aliphatic heterocycles. The van der Waals surface area contributed by atoms with Crippen LogP contribution in [-0.4, -0.2) is 40.6 Å². The standard InChI is InChI=1S/C19H26N2O4S/c1-14(2)18(19(22)20-11-6-12-25-3)21-26(23,24)17-10-9-15-7-4-5-8-16(15)13-17/h4-5,7-10,13-14,18,21H,6,11-12H2,1-3H3,(H,20,22)/t18-/m1/s1. The first-order chi connectivity index (χ1) is 12.3. The summed E-state index contributed by atoms with van der Waals surface area (Å²) >= 11 is 0. The van der Waals surface area contributed by atoms with E-state index in [2.05, 4.69) is 10.0 Å². The molecule has 0 spiro atoms. The number of carbonyl (C=O) groups is 1. The van der Waals surface area contributed by atoms with Crippen LogP contribution < -0.4 is 10.0 Å². The number of hydrogen-bond acceptors (Lipinski definition) is 4. The highest BCUT2D eigenvalue weighted by Gasteiger charge is 2.28. The Kier molecular flexibility index (Phi) is 7.14. The van der Waals surface area contributed by atoms with Crippen LogP contribution >= 0.6 is 0 Å². The van der Waals surface area contributed by atoms with Crippen molar-refractivity contribution in [3.05, 3.63) is 42.5 Å². The van der Waals surface area contributed by atoms with E-state index in [1.807, 2.05) is 38.1 Å². The summed E-state index contributed by atoms with van der Waals surface area (Å²) in [6.45, 7) is 4.59. The molecule has 26 heavy (non-hydrogen) atoms. The molecular weight excluding hydrogens is 352 g/mol. The fourth-order valence-electron chi connectivity index (χ4n) is 2.60. The number of methoxy groups -OCH3 is 1. The van der Waals surface area contributed by atoms with Gasteiger partial charge in [0.05, 0.1) is 4.90 Å². The second kappa shape index (κ2) is 9.12. The van der Waals surface area contributed by atoms with Crippen molar-refractivity contribution in [2.24, 2.45) is 5.92 Å². The summed E-state index contributed by atoms with van der Waals surface area (Å²) in [5, 5.41) is 4.55. The summed E-state index contributed by atoms with van der Waals surface area (Å²) in [5.41, 5.74) is 0. The topological polar surface area (TPSA) is 84.5 Å². The molecule has 0 heterocycles. The molecule has 2 rings (SSSR count). The van der Waals surface area contributed by atoms with E-state index < -0.39 is 16.1 Å². The second-order valence-corrected chi connectivity index (χ2v) is 8.20. The highest BCUT2D eigenvalue weighted by atomic mass is 32.2. The molecule has 6 nitrogen and oxygen atoms in total. The first kappa shape index (κ1) is 20.4. The lowest BCUT2D eigenvalue weighted by atomic mass is 10.1. The van der Waals surface area contributed by atoms with Gasteiger partial charge < -0.3 is 10.1 Å².